The van der Waals surface area contributed by atoms with E-state index in [2.05, 4.69) is 10.6 Å². The van der Waals surface area contributed by atoms with Crippen molar-refractivity contribution in [2.24, 2.45) is 5.92 Å². The lowest BCUT2D eigenvalue weighted by Crippen LogP contribution is -2.55. The maximum atomic E-state index is 11.7. The van der Waals surface area contributed by atoms with Crippen molar-refractivity contribution in [3.05, 3.63) is 0 Å². The van der Waals surface area contributed by atoms with Gasteiger partial charge < -0.3 is 10.1 Å². The van der Waals surface area contributed by atoms with Crippen LogP contribution in [0.5, 0.6) is 0 Å². The number of amides is 1. The molecular formula is C12H21Cl3N2O2. The predicted octanol–water partition coefficient (Wildman–Crippen LogP) is 2.61. The molecule has 1 fully saturated rings. The molecule has 1 amide bonds. The second-order valence-electron chi connectivity index (χ2n) is 5.18. The van der Waals surface area contributed by atoms with Crippen LogP contribution < -0.4 is 10.6 Å². The third-order valence-corrected chi connectivity index (χ3v) is 3.45. The van der Waals surface area contributed by atoms with Crippen molar-refractivity contribution in [1.29, 1.82) is 0 Å². The molecule has 0 spiro atoms. The van der Waals surface area contributed by atoms with Crippen molar-refractivity contribution in [2.75, 3.05) is 13.2 Å². The molecule has 19 heavy (non-hydrogen) atoms. The molecule has 0 aromatic carbocycles. The summed E-state index contributed by atoms with van der Waals surface area (Å²) < 4.78 is 3.89. The topological polar surface area (TPSA) is 50.4 Å². The van der Waals surface area contributed by atoms with Crippen LogP contribution in [0.3, 0.4) is 0 Å². The fraction of sp³-hybridized carbons (Fsp3) is 0.917. The Morgan fingerprint density at radius 3 is 2.58 bits per heavy atom. The third kappa shape index (κ3) is 7.00. The van der Waals surface area contributed by atoms with E-state index in [1.807, 2.05) is 13.8 Å². The van der Waals surface area contributed by atoms with E-state index in [1.54, 1.807) is 0 Å². The number of hydrogen-bond acceptors (Lipinski definition) is 3. The summed E-state index contributed by atoms with van der Waals surface area (Å²) in [5, 5.41) is 5.76. The van der Waals surface area contributed by atoms with Crippen LogP contribution in [-0.4, -0.2) is 35.1 Å². The van der Waals surface area contributed by atoms with Crippen molar-refractivity contribution >= 4 is 40.7 Å². The van der Waals surface area contributed by atoms with Crippen LogP contribution in [0.15, 0.2) is 0 Å². The molecule has 7 heteroatoms. The minimum atomic E-state index is -1.59. The first-order valence-electron chi connectivity index (χ1n) is 6.50. The molecular weight excluding hydrogens is 311 g/mol. The maximum Gasteiger partial charge on any atom is 0.223 e. The van der Waals surface area contributed by atoms with E-state index >= 15 is 0 Å². The largest absolute Gasteiger partial charge is 0.377 e. The first-order chi connectivity index (χ1) is 8.79. The highest BCUT2D eigenvalue weighted by atomic mass is 35.6. The van der Waals surface area contributed by atoms with Crippen LogP contribution in [0.4, 0.5) is 0 Å². The lowest BCUT2D eigenvalue weighted by molar-refractivity contribution is -0.122. The molecule has 0 aromatic rings. The number of hydrogen-bond donors (Lipinski definition) is 2. The zero-order chi connectivity index (χ0) is 14.5. The molecule has 2 atom stereocenters. The van der Waals surface area contributed by atoms with E-state index in [0.29, 0.717) is 13.0 Å². The Balaban J connectivity index is 2.44. The second-order valence-corrected chi connectivity index (χ2v) is 7.55. The van der Waals surface area contributed by atoms with E-state index in [9.17, 15) is 4.79 Å². The van der Waals surface area contributed by atoms with Gasteiger partial charge in [-0.25, -0.2) is 0 Å². The molecule has 0 aliphatic carbocycles. The average Bonchev–Trinajstić information content (AvgIpc) is 2.74. The van der Waals surface area contributed by atoms with Crippen LogP contribution in [0.25, 0.3) is 0 Å². The first kappa shape index (κ1) is 17.3. The number of rotatable bonds is 6. The van der Waals surface area contributed by atoms with Gasteiger partial charge in [0, 0.05) is 19.6 Å². The van der Waals surface area contributed by atoms with E-state index in [-0.39, 0.29) is 17.9 Å². The Morgan fingerprint density at radius 1 is 1.42 bits per heavy atom. The Bertz CT molecular complexity index is 289. The van der Waals surface area contributed by atoms with Gasteiger partial charge in [-0.05, 0) is 18.8 Å². The van der Waals surface area contributed by atoms with Gasteiger partial charge in [0.05, 0.1) is 6.10 Å². The molecule has 4 nitrogen and oxygen atoms in total. The summed E-state index contributed by atoms with van der Waals surface area (Å²) in [6, 6.07) is 0. The maximum absolute atomic E-state index is 11.7. The molecule has 0 aromatic heterocycles. The van der Waals surface area contributed by atoms with Gasteiger partial charge in [-0.15, -0.1) is 0 Å². The summed E-state index contributed by atoms with van der Waals surface area (Å²) in [5.41, 5.74) is 0. The Morgan fingerprint density at radius 2 is 2.11 bits per heavy atom. The van der Waals surface area contributed by atoms with E-state index in [1.165, 1.54) is 0 Å². The van der Waals surface area contributed by atoms with Gasteiger partial charge >= 0.3 is 0 Å². The monoisotopic (exact) mass is 330 g/mol. The Labute approximate surface area is 129 Å². The Hall–Kier alpha value is 0.260. The summed E-state index contributed by atoms with van der Waals surface area (Å²) in [6.07, 6.45) is 1.84. The van der Waals surface area contributed by atoms with Gasteiger partial charge in [0.2, 0.25) is 9.70 Å². The molecule has 1 aliphatic rings. The Kier molecular flexibility index (Phi) is 7.19. The minimum absolute atomic E-state index is 0.122. The van der Waals surface area contributed by atoms with Crippen LogP contribution >= 0.6 is 34.8 Å². The van der Waals surface area contributed by atoms with Gasteiger partial charge in [0.15, 0.2) is 0 Å². The summed E-state index contributed by atoms with van der Waals surface area (Å²) >= 11 is 17.6. The van der Waals surface area contributed by atoms with Crippen LogP contribution in [0.1, 0.15) is 33.1 Å². The van der Waals surface area contributed by atoms with Crippen LogP contribution in [0.2, 0.25) is 0 Å². The SMILES string of the molecule is CC(C)CC(=O)N[C@H](NC[C@H]1CCCO1)C(Cl)(Cl)Cl. The zero-order valence-corrected chi connectivity index (χ0v) is 13.5. The normalized spacial score (nSPS) is 21.7. The molecule has 1 heterocycles. The fourth-order valence-corrected chi connectivity index (χ4v) is 2.29. The summed E-state index contributed by atoms with van der Waals surface area (Å²) in [4.78, 5) is 11.7. The van der Waals surface area contributed by atoms with Gasteiger partial charge in [0.25, 0.3) is 0 Å². The van der Waals surface area contributed by atoms with E-state index in [4.69, 9.17) is 39.5 Å². The van der Waals surface area contributed by atoms with Gasteiger partial charge in [-0.1, -0.05) is 48.7 Å². The molecule has 0 bridgehead atoms. The molecule has 1 saturated heterocycles. The van der Waals surface area contributed by atoms with Gasteiger partial charge in [-0.2, -0.15) is 0 Å². The number of carbonyl (C=O) groups is 1. The van der Waals surface area contributed by atoms with Gasteiger partial charge in [0.1, 0.15) is 6.17 Å². The van der Waals surface area contributed by atoms with Crippen molar-refractivity contribution in [3.63, 3.8) is 0 Å². The summed E-state index contributed by atoms with van der Waals surface area (Å²) in [7, 11) is 0. The predicted molar refractivity (Wildman–Crippen MR) is 78.7 cm³/mol. The second kappa shape index (κ2) is 7.89. The number of ether oxygens (including phenoxy) is 1. The van der Waals surface area contributed by atoms with Crippen LogP contribution in [0, 0.1) is 5.92 Å². The number of carbonyl (C=O) groups excluding carboxylic acids is 1. The summed E-state index contributed by atoms with van der Waals surface area (Å²) in [6.45, 7) is 5.25. The standard InChI is InChI=1S/C12H21Cl3N2O2/c1-8(2)6-10(18)17-11(12(13,14)15)16-7-9-4-3-5-19-9/h8-9,11,16H,3-7H2,1-2H3,(H,17,18)/t9-,11+/m1/s1. The molecule has 2 N–H and O–H groups in total. The van der Waals surface area contributed by atoms with Crippen LogP contribution in [-0.2, 0) is 9.53 Å². The third-order valence-electron chi connectivity index (χ3n) is 2.80. The van der Waals surface area contributed by atoms with Gasteiger partial charge in [-0.3, -0.25) is 10.1 Å². The molecule has 0 unspecified atom stereocenters. The zero-order valence-electron chi connectivity index (χ0n) is 11.2. The van der Waals surface area contributed by atoms with E-state index < -0.39 is 9.96 Å². The molecule has 1 aliphatic heterocycles. The highest BCUT2D eigenvalue weighted by Crippen LogP contribution is 2.29. The first-order valence-corrected chi connectivity index (χ1v) is 7.63. The lowest BCUT2D eigenvalue weighted by atomic mass is 10.1. The van der Waals surface area contributed by atoms with E-state index in [0.717, 1.165) is 19.4 Å². The quantitative estimate of drug-likeness (QED) is 0.581. The molecule has 0 saturated carbocycles. The van der Waals surface area contributed by atoms with Crippen molar-refractivity contribution in [1.82, 2.24) is 10.6 Å². The minimum Gasteiger partial charge on any atom is -0.377 e. The average molecular weight is 332 g/mol. The van der Waals surface area contributed by atoms with Crippen molar-refractivity contribution < 1.29 is 9.53 Å². The lowest BCUT2D eigenvalue weighted by Gasteiger charge is -2.28. The molecule has 1 rings (SSSR count). The smallest absolute Gasteiger partial charge is 0.223 e. The number of nitrogens with one attached hydrogen (secondary N) is 2. The highest BCUT2D eigenvalue weighted by molar-refractivity contribution is 6.68. The van der Waals surface area contributed by atoms with Crippen molar-refractivity contribution in [2.45, 2.75) is 49.2 Å². The molecule has 0 radical (unpaired) electrons. The summed E-state index contributed by atoms with van der Waals surface area (Å²) in [5.74, 6) is 0.125. The number of alkyl halides is 3. The fourth-order valence-electron chi connectivity index (χ4n) is 1.89. The molecule has 112 valence electrons. The van der Waals surface area contributed by atoms with Crippen molar-refractivity contribution in [3.8, 4) is 0 Å². The highest BCUT2D eigenvalue weighted by Gasteiger charge is 2.34. The number of halogens is 3.